The Hall–Kier alpha value is -1.67. The highest BCUT2D eigenvalue weighted by atomic mass is 31.1. The van der Waals surface area contributed by atoms with E-state index >= 15 is 0 Å². The highest BCUT2D eigenvalue weighted by Gasteiger charge is 2.25. The van der Waals surface area contributed by atoms with Gasteiger partial charge in [0, 0.05) is 20.1 Å². The molecule has 0 aromatic heterocycles. The number of benzene rings is 1. The molecule has 1 aromatic rings. The summed E-state index contributed by atoms with van der Waals surface area (Å²) >= 11 is 0. The lowest BCUT2D eigenvalue weighted by atomic mass is 9.90. The average molecular weight is 424 g/mol. The Bertz CT molecular complexity index is 821. The lowest BCUT2D eigenvalue weighted by Gasteiger charge is -2.37. The van der Waals surface area contributed by atoms with Gasteiger partial charge in [-0.1, -0.05) is 58.0 Å². The Kier molecular flexibility index (Phi) is 8.93. The Morgan fingerprint density at radius 1 is 1.23 bits per heavy atom. The molecule has 0 saturated heterocycles. The molecule has 0 saturated carbocycles. The number of hydrogen-bond donors (Lipinski definition) is 1. The summed E-state index contributed by atoms with van der Waals surface area (Å²) in [6.45, 7) is 8.54. The van der Waals surface area contributed by atoms with E-state index in [1.807, 2.05) is 0 Å². The van der Waals surface area contributed by atoms with Crippen LogP contribution in [0.4, 0.5) is 0 Å². The van der Waals surface area contributed by atoms with Gasteiger partial charge in [0.1, 0.15) is 0 Å². The molecule has 0 radical (unpaired) electrons. The van der Waals surface area contributed by atoms with Crippen LogP contribution < -0.4 is 5.73 Å². The van der Waals surface area contributed by atoms with Gasteiger partial charge in [0.25, 0.3) is 0 Å². The summed E-state index contributed by atoms with van der Waals surface area (Å²) in [5, 5.41) is 1.62. The molecule has 0 fully saturated rings. The highest BCUT2D eigenvalue weighted by Crippen LogP contribution is 2.33. The molecule has 1 aromatic carbocycles. The Labute approximate surface area is 185 Å². The van der Waals surface area contributed by atoms with Crippen LogP contribution >= 0.6 is 8.58 Å². The van der Waals surface area contributed by atoms with Crippen LogP contribution in [0.1, 0.15) is 37.8 Å². The third kappa shape index (κ3) is 5.94. The third-order valence-electron chi connectivity index (χ3n) is 6.18. The molecule has 0 amide bonds. The molecule has 3 rings (SSSR count). The number of allylic oxidation sites excluding steroid dienone is 5. The van der Waals surface area contributed by atoms with Crippen LogP contribution in [0.5, 0.6) is 0 Å². The first-order valence-corrected chi connectivity index (χ1v) is 12.6. The summed E-state index contributed by atoms with van der Waals surface area (Å²) in [6, 6.07) is 9.26. The monoisotopic (exact) mass is 423 g/mol. The summed E-state index contributed by atoms with van der Waals surface area (Å²) in [5.41, 5.74) is 11.5. The van der Waals surface area contributed by atoms with Gasteiger partial charge in [-0.3, -0.25) is 4.90 Å². The predicted molar refractivity (Wildman–Crippen MR) is 134 cm³/mol. The van der Waals surface area contributed by atoms with E-state index in [0.29, 0.717) is 6.04 Å². The van der Waals surface area contributed by atoms with E-state index in [-0.39, 0.29) is 0 Å². The molecule has 2 aliphatic rings. The van der Waals surface area contributed by atoms with Crippen LogP contribution in [0.25, 0.3) is 5.57 Å². The second-order valence-corrected chi connectivity index (χ2v) is 9.70. The fourth-order valence-corrected chi connectivity index (χ4v) is 5.52. The first kappa shape index (κ1) is 23.0. The van der Waals surface area contributed by atoms with Crippen LogP contribution in [0.15, 0.2) is 65.7 Å². The fourth-order valence-electron chi connectivity index (χ4n) is 4.34. The number of aryl methyl sites for hydroxylation is 1. The molecular weight excluding hydrogens is 385 g/mol. The highest BCUT2D eigenvalue weighted by molar-refractivity contribution is 7.43. The number of rotatable bonds is 10. The quantitative estimate of drug-likeness (QED) is 0.423. The van der Waals surface area contributed by atoms with E-state index in [1.165, 1.54) is 34.9 Å². The van der Waals surface area contributed by atoms with E-state index in [9.17, 15) is 0 Å². The second kappa shape index (κ2) is 11.6. The molecule has 2 heterocycles. The standard InChI is InChI=1S/C26H38N3P/c1-4-22-12-5-6-13-23(22)24-14-9-16-28(3)25(24)19-29(17-8-7-15-27)20-26-21(2)11-10-18-30-26/h5-6,9-14,16,25,30H,4,7-8,15,17-20,27H2,1-3H3. The smallest absolute Gasteiger partial charge is 0.0666 e. The van der Waals surface area contributed by atoms with Crippen molar-refractivity contribution in [1.82, 2.24) is 9.80 Å². The van der Waals surface area contributed by atoms with Gasteiger partial charge >= 0.3 is 0 Å². The molecule has 162 valence electrons. The zero-order valence-electron chi connectivity index (χ0n) is 18.9. The third-order valence-corrected chi connectivity index (χ3v) is 7.59. The predicted octanol–water partition coefficient (Wildman–Crippen LogP) is 5.02. The average Bonchev–Trinajstić information content (AvgIpc) is 2.76. The van der Waals surface area contributed by atoms with Gasteiger partial charge in [-0.15, -0.1) is 0 Å². The normalized spacial score (nSPS) is 19.8. The fraction of sp³-hybridized carbons (Fsp3) is 0.462. The molecule has 2 unspecified atom stereocenters. The molecule has 30 heavy (non-hydrogen) atoms. The summed E-state index contributed by atoms with van der Waals surface area (Å²) in [7, 11) is 3.14. The molecule has 2 atom stereocenters. The Morgan fingerprint density at radius 2 is 2.07 bits per heavy atom. The van der Waals surface area contributed by atoms with Gasteiger partial charge in [-0.2, -0.15) is 0 Å². The summed E-state index contributed by atoms with van der Waals surface area (Å²) in [6.07, 6.45) is 15.9. The molecule has 4 heteroatoms. The SMILES string of the molecule is CCc1ccccc1C1=CC=CN(C)C1CN(CCCCN)CC1=C(C)C=CCP1. The van der Waals surface area contributed by atoms with Crippen molar-refractivity contribution < 1.29 is 0 Å². The Morgan fingerprint density at radius 3 is 2.83 bits per heavy atom. The first-order valence-electron chi connectivity index (χ1n) is 11.3. The van der Waals surface area contributed by atoms with Crippen LogP contribution in [0, 0.1) is 0 Å². The number of unbranched alkanes of at least 4 members (excludes halogenated alkanes) is 1. The van der Waals surface area contributed by atoms with Crippen molar-refractivity contribution in [3.8, 4) is 0 Å². The van der Waals surface area contributed by atoms with Crippen molar-refractivity contribution in [2.75, 3.05) is 39.4 Å². The van der Waals surface area contributed by atoms with Crippen molar-refractivity contribution in [2.45, 2.75) is 39.2 Å². The van der Waals surface area contributed by atoms with Crippen molar-refractivity contribution in [2.24, 2.45) is 5.73 Å². The summed E-state index contributed by atoms with van der Waals surface area (Å²) < 4.78 is 0. The van der Waals surface area contributed by atoms with Gasteiger partial charge in [0.2, 0.25) is 0 Å². The van der Waals surface area contributed by atoms with Crippen LogP contribution in [-0.4, -0.2) is 55.2 Å². The van der Waals surface area contributed by atoms with Gasteiger partial charge in [0.05, 0.1) is 6.04 Å². The first-order chi connectivity index (χ1) is 14.6. The van der Waals surface area contributed by atoms with Gasteiger partial charge in [0.15, 0.2) is 0 Å². The maximum atomic E-state index is 5.80. The minimum absolute atomic E-state index is 0.365. The van der Waals surface area contributed by atoms with Crippen LogP contribution in [-0.2, 0) is 6.42 Å². The van der Waals surface area contributed by atoms with Crippen molar-refractivity contribution in [1.29, 1.82) is 0 Å². The largest absolute Gasteiger partial charge is 0.372 e. The minimum atomic E-state index is 0.365. The van der Waals surface area contributed by atoms with E-state index in [4.69, 9.17) is 5.73 Å². The molecule has 2 aliphatic heterocycles. The second-order valence-electron chi connectivity index (χ2n) is 8.33. The molecule has 0 aliphatic carbocycles. The van der Waals surface area contributed by atoms with Crippen molar-refractivity contribution in [3.63, 3.8) is 0 Å². The van der Waals surface area contributed by atoms with E-state index < -0.39 is 0 Å². The molecular formula is C26H38N3P. The van der Waals surface area contributed by atoms with Crippen LogP contribution in [0.2, 0.25) is 0 Å². The van der Waals surface area contributed by atoms with E-state index in [2.05, 4.69) is 85.5 Å². The summed E-state index contributed by atoms with van der Waals surface area (Å²) in [5.74, 6) is 0. The zero-order valence-corrected chi connectivity index (χ0v) is 19.9. The lowest BCUT2D eigenvalue weighted by Crippen LogP contribution is -2.43. The molecule has 0 spiro atoms. The van der Waals surface area contributed by atoms with Crippen LogP contribution in [0.3, 0.4) is 0 Å². The minimum Gasteiger partial charge on any atom is -0.372 e. The zero-order chi connectivity index (χ0) is 21.3. The van der Waals surface area contributed by atoms with E-state index in [1.54, 1.807) is 5.31 Å². The number of hydrogen-bond acceptors (Lipinski definition) is 3. The van der Waals surface area contributed by atoms with Crippen molar-refractivity contribution >= 4 is 14.2 Å². The number of nitrogens with two attached hydrogens (primary N) is 1. The van der Waals surface area contributed by atoms with Gasteiger partial charge < -0.3 is 10.6 Å². The maximum Gasteiger partial charge on any atom is 0.0666 e. The topological polar surface area (TPSA) is 32.5 Å². The van der Waals surface area contributed by atoms with Gasteiger partial charge in [-0.05, 0) is 85.3 Å². The molecule has 0 bridgehead atoms. The molecule has 3 nitrogen and oxygen atoms in total. The maximum absolute atomic E-state index is 5.80. The van der Waals surface area contributed by atoms with Crippen molar-refractivity contribution in [3.05, 3.63) is 76.8 Å². The molecule has 2 N–H and O–H groups in total. The van der Waals surface area contributed by atoms with Gasteiger partial charge in [-0.25, -0.2) is 0 Å². The Balaban J connectivity index is 1.83. The number of nitrogens with zero attached hydrogens (tertiary/aromatic N) is 2. The van der Waals surface area contributed by atoms with E-state index in [0.717, 1.165) is 47.6 Å². The number of likely N-dealkylation sites (N-methyl/N-ethyl adjacent to an activating group) is 1. The lowest BCUT2D eigenvalue weighted by molar-refractivity contribution is 0.235. The summed E-state index contributed by atoms with van der Waals surface area (Å²) in [4.78, 5) is 5.06.